The van der Waals surface area contributed by atoms with Gasteiger partial charge in [0, 0.05) is 24.2 Å². The van der Waals surface area contributed by atoms with E-state index in [9.17, 15) is 25.0 Å². The number of non-ortho nitro benzene ring substituents is 1. The van der Waals surface area contributed by atoms with Crippen LogP contribution >= 0.6 is 0 Å². The highest BCUT2D eigenvalue weighted by atomic mass is 16.6. The monoisotopic (exact) mass is 386 g/mol. The fourth-order valence-corrected chi connectivity index (χ4v) is 2.76. The minimum absolute atomic E-state index is 0.0204. The summed E-state index contributed by atoms with van der Waals surface area (Å²) in [5.41, 5.74) is 2.26. The van der Waals surface area contributed by atoms with Gasteiger partial charge in [-0.25, -0.2) is 0 Å². The van der Waals surface area contributed by atoms with Gasteiger partial charge in [-0.15, -0.1) is 0 Å². The molecule has 0 fully saturated rings. The molecule has 2 aromatic carbocycles. The molecule has 9 heteroatoms. The number of hydrogen-bond donors (Lipinski definition) is 1. The van der Waals surface area contributed by atoms with Gasteiger partial charge >= 0.3 is 0 Å². The fourth-order valence-electron chi connectivity index (χ4n) is 2.76. The molecule has 0 bridgehead atoms. The van der Waals surface area contributed by atoms with Crippen LogP contribution in [0.2, 0.25) is 0 Å². The molecule has 0 saturated heterocycles. The van der Waals surface area contributed by atoms with Crippen LogP contribution in [0.4, 0.5) is 17.1 Å². The highest BCUT2D eigenvalue weighted by Crippen LogP contribution is 2.28. The second-order valence-electron chi connectivity index (χ2n) is 6.70. The first-order chi connectivity index (χ1) is 13.1. The molecule has 9 nitrogen and oxygen atoms in total. The first kappa shape index (κ1) is 21.0. The normalized spacial score (nSPS) is 11.9. The highest BCUT2D eigenvalue weighted by molar-refractivity contribution is 5.94. The van der Waals surface area contributed by atoms with E-state index in [2.05, 4.69) is 5.32 Å². The Kier molecular flexibility index (Phi) is 6.42. The van der Waals surface area contributed by atoms with Gasteiger partial charge in [0.25, 0.3) is 11.4 Å². The maximum absolute atomic E-state index is 12.4. The summed E-state index contributed by atoms with van der Waals surface area (Å²) in [5.74, 6) is -0.411. The standard InChI is InChI=1S/C19H22N4O5/c1-12-8-17(18(23(27)28)9-13(12)2)20-19(24)11-21(4)14(3)15-6-5-7-16(10-15)22(25)26/h5-10,14H,11H2,1-4H3,(H,20,24)/t14-/m0/s1. The molecule has 1 atom stereocenters. The van der Waals surface area contributed by atoms with Crippen molar-refractivity contribution in [3.63, 3.8) is 0 Å². The number of carbonyl (C=O) groups is 1. The van der Waals surface area contributed by atoms with E-state index in [1.165, 1.54) is 18.2 Å². The van der Waals surface area contributed by atoms with Crippen molar-refractivity contribution in [2.45, 2.75) is 26.8 Å². The van der Waals surface area contributed by atoms with Crippen LogP contribution in [0.25, 0.3) is 0 Å². The second-order valence-corrected chi connectivity index (χ2v) is 6.70. The summed E-state index contributed by atoms with van der Waals surface area (Å²) in [6.45, 7) is 5.37. The lowest BCUT2D eigenvalue weighted by molar-refractivity contribution is -0.385. The molecule has 1 N–H and O–H groups in total. The molecule has 0 aliphatic carbocycles. The lowest BCUT2D eigenvalue weighted by Gasteiger charge is -2.24. The summed E-state index contributed by atoms with van der Waals surface area (Å²) < 4.78 is 0. The molecule has 28 heavy (non-hydrogen) atoms. The average Bonchev–Trinajstić information content (AvgIpc) is 2.63. The van der Waals surface area contributed by atoms with Crippen molar-refractivity contribution < 1.29 is 14.6 Å². The lowest BCUT2D eigenvalue weighted by atomic mass is 10.1. The molecule has 0 aliphatic rings. The van der Waals surface area contributed by atoms with Crippen LogP contribution < -0.4 is 5.32 Å². The summed E-state index contributed by atoms with van der Waals surface area (Å²) in [5, 5.41) is 24.8. The maximum Gasteiger partial charge on any atom is 0.293 e. The van der Waals surface area contributed by atoms with E-state index in [-0.39, 0.29) is 29.6 Å². The molecule has 1 amide bonds. The molecule has 0 spiro atoms. The smallest absolute Gasteiger partial charge is 0.293 e. The molecule has 2 rings (SSSR count). The minimum atomic E-state index is -0.530. The van der Waals surface area contributed by atoms with Crippen molar-refractivity contribution >= 4 is 23.0 Å². The zero-order valence-corrected chi connectivity index (χ0v) is 16.1. The van der Waals surface area contributed by atoms with Crippen LogP contribution in [0.1, 0.15) is 29.7 Å². The van der Waals surface area contributed by atoms with Gasteiger partial charge in [-0.3, -0.25) is 29.9 Å². The fraction of sp³-hybridized carbons (Fsp3) is 0.316. The number of aryl methyl sites for hydroxylation is 2. The van der Waals surface area contributed by atoms with Gasteiger partial charge < -0.3 is 5.32 Å². The number of nitro groups is 2. The Morgan fingerprint density at radius 2 is 1.75 bits per heavy atom. The molecule has 0 saturated carbocycles. The molecule has 0 radical (unpaired) electrons. The second kappa shape index (κ2) is 8.57. The van der Waals surface area contributed by atoms with Crippen molar-refractivity contribution in [1.82, 2.24) is 4.90 Å². The number of hydrogen-bond acceptors (Lipinski definition) is 6. The number of anilines is 1. The topological polar surface area (TPSA) is 119 Å². The van der Waals surface area contributed by atoms with Gasteiger partial charge in [-0.1, -0.05) is 12.1 Å². The maximum atomic E-state index is 12.4. The van der Waals surface area contributed by atoms with Crippen molar-refractivity contribution in [2.24, 2.45) is 0 Å². The Morgan fingerprint density at radius 3 is 2.36 bits per heavy atom. The molecular weight excluding hydrogens is 364 g/mol. The lowest BCUT2D eigenvalue weighted by Crippen LogP contribution is -2.32. The van der Waals surface area contributed by atoms with Crippen LogP contribution in [0, 0.1) is 34.1 Å². The predicted molar refractivity (Wildman–Crippen MR) is 105 cm³/mol. The molecule has 0 aliphatic heterocycles. The van der Waals surface area contributed by atoms with Gasteiger partial charge in [-0.05, 0) is 50.6 Å². The zero-order chi connectivity index (χ0) is 21.0. The third kappa shape index (κ3) is 4.89. The third-order valence-corrected chi connectivity index (χ3v) is 4.70. The predicted octanol–water partition coefficient (Wildman–Crippen LogP) is 3.75. The van der Waals surface area contributed by atoms with E-state index in [1.54, 1.807) is 37.1 Å². The Morgan fingerprint density at radius 1 is 1.11 bits per heavy atom. The molecule has 148 valence electrons. The van der Waals surface area contributed by atoms with Gasteiger partial charge in [0.15, 0.2) is 0 Å². The Labute approximate surface area is 162 Å². The summed E-state index contributed by atoms with van der Waals surface area (Å²) >= 11 is 0. The molecule has 2 aromatic rings. The van der Waals surface area contributed by atoms with Crippen LogP contribution in [0.15, 0.2) is 36.4 Å². The van der Waals surface area contributed by atoms with E-state index in [1.807, 2.05) is 13.8 Å². The zero-order valence-electron chi connectivity index (χ0n) is 16.1. The number of nitrogens with one attached hydrogen (secondary N) is 1. The summed E-state index contributed by atoms with van der Waals surface area (Å²) in [4.78, 5) is 35.3. The summed E-state index contributed by atoms with van der Waals surface area (Å²) in [6.07, 6.45) is 0. The number of nitrogens with zero attached hydrogens (tertiary/aromatic N) is 3. The van der Waals surface area contributed by atoms with Crippen LogP contribution in [0.3, 0.4) is 0 Å². The third-order valence-electron chi connectivity index (χ3n) is 4.70. The Balaban J connectivity index is 2.13. The highest BCUT2D eigenvalue weighted by Gasteiger charge is 2.21. The number of rotatable bonds is 7. The molecular formula is C19H22N4O5. The van der Waals surface area contributed by atoms with Gasteiger partial charge in [0.05, 0.1) is 16.4 Å². The Bertz CT molecular complexity index is 929. The number of amides is 1. The van der Waals surface area contributed by atoms with Crippen molar-refractivity contribution in [2.75, 3.05) is 18.9 Å². The van der Waals surface area contributed by atoms with E-state index in [4.69, 9.17) is 0 Å². The van der Waals surface area contributed by atoms with Gasteiger partial charge in [0.2, 0.25) is 5.91 Å². The summed E-state index contributed by atoms with van der Waals surface area (Å²) in [6, 6.07) is 8.96. The number of carbonyl (C=O) groups excluding carboxylic acids is 1. The summed E-state index contributed by atoms with van der Waals surface area (Å²) in [7, 11) is 1.71. The molecule has 0 unspecified atom stereocenters. The molecule has 0 aromatic heterocycles. The van der Waals surface area contributed by atoms with E-state index in [0.717, 1.165) is 11.1 Å². The van der Waals surface area contributed by atoms with Crippen LogP contribution in [-0.2, 0) is 4.79 Å². The van der Waals surface area contributed by atoms with Gasteiger partial charge in [0.1, 0.15) is 5.69 Å². The van der Waals surface area contributed by atoms with E-state index in [0.29, 0.717) is 5.56 Å². The number of benzene rings is 2. The van der Waals surface area contributed by atoms with Crippen molar-refractivity contribution in [1.29, 1.82) is 0 Å². The van der Waals surface area contributed by atoms with Crippen molar-refractivity contribution in [3.05, 3.63) is 73.3 Å². The number of likely N-dealkylation sites (N-methyl/N-ethyl adjacent to an activating group) is 1. The minimum Gasteiger partial charge on any atom is -0.319 e. The quantitative estimate of drug-likeness (QED) is 0.572. The van der Waals surface area contributed by atoms with Gasteiger partial charge in [-0.2, -0.15) is 0 Å². The van der Waals surface area contributed by atoms with Crippen molar-refractivity contribution in [3.8, 4) is 0 Å². The average molecular weight is 386 g/mol. The van der Waals surface area contributed by atoms with Crippen LogP contribution in [0.5, 0.6) is 0 Å². The van der Waals surface area contributed by atoms with Crippen LogP contribution in [-0.4, -0.2) is 34.2 Å². The Hall–Kier alpha value is -3.33. The van der Waals surface area contributed by atoms with E-state index < -0.39 is 15.8 Å². The van der Waals surface area contributed by atoms with E-state index >= 15 is 0 Å². The largest absolute Gasteiger partial charge is 0.319 e. The SMILES string of the molecule is Cc1cc(NC(=O)CN(C)[C@@H](C)c2cccc([N+](=O)[O-])c2)c([N+](=O)[O-])cc1C. The number of nitro benzene ring substituents is 2. The first-order valence-electron chi connectivity index (χ1n) is 8.60. The molecule has 0 heterocycles. The first-order valence-corrected chi connectivity index (χ1v) is 8.60.